The zero-order valence-electron chi connectivity index (χ0n) is 7.53. The first kappa shape index (κ1) is 8.44. The number of hydrogen-bond acceptors (Lipinski definition) is 3. The Morgan fingerprint density at radius 1 is 1.77 bits per heavy atom. The molecule has 0 atom stereocenters. The lowest BCUT2D eigenvalue weighted by molar-refractivity contribution is 0.0999. The number of aromatic nitrogens is 2. The predicted molar refractivity (Wildman–Crippen MR) is 46.4 cm³/mol. The molecule has 1 aliphatic carbocycles. The van der Waals surface area contributed by atoms with Crippen LogP contribution < -0.4 is 0 Å². The molecule has 1 aromatic heterocycles. The maximum atomic E-state index is 11.2. The van der Waals surface area contributed by atoms with E-state index in [9.17, 15) is 4.79 Å². The van der Waals surface area contributed by atoms with Crippen molar-refractivity contribution in [2.45, 2.75) is 32.4 Å². The highest BCUT2D eigenvalue weighted by Crippen LogP contribution is 2.36. The molecule has 4 nitrogen and oxygen atoms in total. The van der Waals surface area contributed by atoms with Gasteiger partial charge in [0.1, 0.15) is 0 Å². The van der Waals surface area contributed by atoms with Crippen molar-refractivity contribution in [3.05, 3.63) is 17.7 Å². The summed E-state index contributed by atoms with van der Waals surface area (Å²) in [7, 11) is 0. The Kier molecular flexibility index (Phi) is 1.92. The number of aliphatic hydroxyl groups is 1. The van der Waals surface area contributed by atoms with Gasteiger partial charge in [-0.3, -0.25) is 4.79 Å². The fourth-order valence-corrected chi connectivity index (χ4v) is 1.41. The molecule has 0 bridgehead atoms. The topological polar surface area (TPSA) is 55.1 Å². The van der Waals surface area contributed by atoms with Crippen LogP contribution in [0.5, 0.6) is 0 Å². The number of carbonyl (C=O) groups is 1. The predicted octanol–water partition coefficient (Wildman–Crippen LogP) is 0.913. The lowest BCUT2D eigenvalue weighted by atomic mass is 10.4. The summed E-state index contributed by atoms with van der Waals surface area (Å²) in [5.41, 5.74) is 0.581. The third-order valence-electron chi connectivity index (χ3n) is 2.20. The van der Waals surface area contributed by atoms with Crippen LogP contribution in [0, 0.1) is 0 Å². The minimum Gasteiger partial charge on any atom is -0.390 e. The average Bonchev–Trinajstić information content (AvgIpc) is 2.84. The van der Waals surface area contributed by atoms with Crippen LogP contribution in [0.3, 0.4) is 0 Å². The number of rotatable bonds is 3. The van der Waals surface area contributed by atoms with Crippen molar-refractivity contribution in [1.29, 1.82) is 0 Å². The minimum absolute atomic E-state index is 0.0356. The Balaban J connectivity index is 2.39. The van der Waals surface area contributed by atoms with E-state index in [-0.39, 0.29) is 12.4 Å². The Hall–Kier alpha value is -1.16. The molecule has 1 aromatic rings. The van der Waals surface area contributed by atoms with Crippen molar-refractivity contribution in [2.24, 2.45) is 0 Å². The molecule has 0 spiro atoms. The van der Waals surface area contributed by atoms with Crippen molar-refractivity contribution in [2.75, 3.05) is 0 Å². The highest BCUT2D eigenvalue weighted by Gasteiger charge is 2.27. The molecule has 4 heteroatoms. The van der Waals surface area contributed by atoms with Crippen LogP contribution in [0.15, 0.2) is 6.20 Å². The highest BCUT2D eigenvalue weighted by molar-refractivity contribution is 5.90. The molecular formula is C9H12N2O2. The molecule has 2 rings (SSSR count). The normalized spacial score (nSPS) is 16.2. The summed E-state index contributed by atoms with van der Waals surface area (Å²) in [5, 5.41) is 8.87. The lowest BCUT2D eigenvalue weighted by Crippen LogP contribution is -2.05. The monoisotopic (exact) mass is 180 g/mol. The van der Waals surface area contributed by atoms with Gasteiger partial charge < -0.3 is 9.67 Å². The molecule has 1 saturated carbocycles. The van der Waals surface area contributed by atoms with E-state index < -0.39 is 0 Å². The number of imidazole rings is 1. The molecule has 1 N–H and O–H groups in total. The van der Waals surface area contributed by atoms with Gasteiger partial charge in [-0.15, -0.1) is 0 Å². The molecule has 70 valence electrons. The van der Waals surface area contributed by atoms with Crippen LogP contribution in [-0.4, -0.2) is 20.4 Å². The van der Waals surface area contributed by atoms with E-state index in [2.05, 4.69) is 4.98 Å². The zero-order chi connectivity index (χ0) is 9.42. The molecule has 0 unspecified atom stereocenters. The van der Waals surface area contributed by atoms with Gasteiger partial charge in [0.2, 0.25) is 0 Å². The summed E-state index contributed by atoms with van der Waals surface area (Å²) >= 11 is 0. The van der Waals surface area contributed by atoms with Crippen molar-refractivity contribution in [1.82, 2.24) is 9.55 Å². The van der Waals surface area contributed by atoms with E-state index in [1.807, 2.05) is 4.57 Å². The minimum atomic E-state index is -0.0972. The summed E-state index contributed by atoms with van der Waals surface area (Å²) < 4.78 is 1.88. The summed E-state index contributed by atoms with van der Waals surface area (Å²) in [5.74, 6) is 0.443. The number of Topliss-reactive ketones (excluding diaryl/α,β-unsaturated/α-hetero) is 1. The van der Waals surface area contributed by atoms with Crippen LogP contribution in [0.4, 0.5) is 0 Å². The van der Waals surface area contributed by atoms with Gasteiger partial charge in [0.05, 0.1) is 12.3 Å². The van der Waals surface area contributed by atoms with E-state index in [0.29, 0.717) is 17.6 Å². The van der Waals surface area contributed by atoms with E-state index >= 15 is 0 Å². The number of ketones is 1. The molecule has 0 radical (unpaired) electrons. The summed E-state index contributed by atoms with van der Waals surface area (Å²) in [6, 6.07) is 0.437. The molecule has 0 saturated heterocycles. The van der Waals surface area contributed by atoms with Gasteiger partial charge in [-0.25, -0.2) is 4.98 Å². The molecule has 0 aromatic carbocycles. The molecule has 0 amide bonds. The number of nitrogens with zero attached hydrogens (tertiary/aromatic N) is 2. The second kappa shape index (κ2) is 2.96. The van der Waals surface area contributed by atoms with E-state index in [1.54, 1.807) is 6.20 Å². The standard InChI is InChI=1S/C9H12N2O2/c1-6(13)9-10-7(5-12)4-11(9)8-2-3-8/h4,8,12H,2-3,5H2,1H3. The lowest BCUT2D eigenvalue weighted by Gasteiger charge is -2.00. The first-order chi connectivity index (χ1) is 6.22. The third kappa shape index (κ3) is 1.49. The van der Waals surface area contributed by atoms with Gasteiger partial charge >= 0.3 is 0 Å². The van der Waals surface area contributed by atoms with Crippen LogP contribution in [-0.2, 0) is 6.61 Å². The number of aliphatic hydroxyl groups excluding tert-OH is 1. The molecule has 1 fully saturated rings. The van der Waals surface area contributed by atoms with Crippen LogP contribution in [0.25, 0.3) is 0 Å². The molecule has 0 aliphatic heterocycles. The van der Waals surface area contributed by atoms with Gasteiger partial charge in [-0.05, 0) is 12.8 Å². The van der Waals surface area contributed by atoms with Crippen LogP contribution in [0.2, 0.25) is 0 Å². The van der Waals surface area contributed by atoms with Crippen LogP contribution in [0.1, 0.15) is 42.1 Å². The van der Waals surface area contributed by atoms with Crippen LogP contribution >= 0.6 is 0 Å². The molecule has 13 heavy (non-hydrogen) atoms. The largest absolute Gasteiger partial charge is 0.390 e. The highest BCUT2D eigenvalue weighted by atomic mass is 16.3. The summed E-state index contributed by atoms with van der Waals surface area (Å²) in [6.45, 7) is 1.41. The SMILES string of the molecule is CC(=O)c1nc(CO)cn1C1CC1. The van der Waals surface area contributed by atoms with Gasteiger partial charge in [0.25, 0.3) is 0 Å². The van der Waals surface area contributed by atoms with E-state index in [4.69, 9.17) is 5.11 Å². The number of carbonyl (C=O) groups excluding carboxylic acids is 1. The van der Waals surface area contributed by atoms with Crippen molar-refractivity contribution in [3.63, 3.8) is 0 Å². The smallest absolute Gasteiger partial charge is 0.195 e. The molecule has 1 aliphatic rings. The molecular weight excluding hydrogens is 168 g/mol. The second-order valence-electron chi connectivity index (χ2n) is 3.41. The maximum Gasteiger partial charge on any atom is 0.195 e. The average molecular weight is 180 g/mol. The molecule has 1 heterocycles. The second-order valence-corrected chi connectivity index (χ2v) is 3.41. The fourth-order valence-electron chi connectivity index (χ4n) is 1.41. The Bertz CT molecular complexity index is 339. The van der Waals surface area contributed by atoms with Gasteiger partial charge in [-0.2, -0.15) is 0 Å². The number of hydrogen-bond donors (Lipinski definition) is 1. The first-order valence-electron chi connectivity index (χ1n) is 4.42. The van der Waals surface area contributed by atoms with Gasteiger partial charge in [0.15, 0.2) is 11.6 Å². The van der Waals surface area contributed by atoms with Crippen molar-refractivity contribution in [3.8, 4) is 0 Å². The van der Waals surface area contributed by atoms with E-state index in [1.165, 1.54) is 6.92 Å². The fraction of sp³-hybridized carbons (Fsp3) is 0.556. The first-order valence-corrected chi connectivity index (χ1v) is 4.42. The van der Waals surface area contributed by atoms with E-state index in [0.717, 1.165) is 12.8 Å². The Labute approximate surface area is 76.2 Å². The summed E-state index contributed by atoms with van der Waals surface area (Å²) in [4.78, 5) is 15.2. The van der Waals surface area contributed by atoms with Crippen molar-refractivity contribution >= 4 is 5.78 Å². The third-order valence-corrected chi connectivity index (χ3v) is 2.20. The van der Waals surface area contributed by atoms with Gasteiger partial charge in [-0.1, -0.05) is 0 Å². The Morgan fingerprint density at radius 2 is 2.46 bits per heavy atom. The Morgan fingerprint density at radius 3 is 2.92 bits per heavy atom. The van der Waals surface area contributed by atoms with Crippen molar-refractivity contribution < 1.29 is 9.90 Å². The summed E-state index contributed by atoms with van der Waals surface area (Å²) in [6.07, 6.45) is 4.00. The van der Waals surface area contributed by atoms with Gasteiger partial charge in [0, 0.05) is 19.2 Å². The maximum absolute atomic E-state index is 11.2. The quantitative estimate of drug-likeness (QED) is 0.703. The zero-order valence-corrected chi connectivity index (χ0v) is 7.53.